The van der Waals surface area contributed by atoms with Gasteiger partial charge in [-0.25, -0.2) is 0 Å². The number of fused-ring (bicyclic) bond motifs is 1. The van der Waals surface area contributed by atoms with Crippen LogP contribution in [0.4, 0.5) is 0 Å². The molecule has 0 aliphatic carbocycles. The molecule has 0 spiro atoms. The zero-order valence-electron chi connectivity index (χ0n) is 7.29. The molecule has 2 aliphatic heterocycles. The summed E-state index contributed by atoms with van der Waals surface area (Å²) < 4.78 is 10.8. The Kier molecular flexibility index (Phi) is 2.15. The van der Waals surface area contributed by atoms with Gasteiger partial charge in [-0.15, -0.1) is 0 Å². The van der Waals surface area contributed by atoms with Gasteiger partial charge in [0.05, 0.1) is 13.2 Å². The minimum atomic E-state index is -0.00523. The van der Waals surface area contributed by atoms with Gasteiger partial charge < -0.3 is 14.3 Å². The molecule has 2 fully saturated rings. The Hall–Kier alpha value is -0.410. The number of carbonyl (C=O) groups excluding carboxylic acids is 1. The van der Waals surface area contributed by atoms with E-state index < -0.39 is 0 Å². The topological polar surface area (TPSA) is 35.5 Å². The van der Waals surface area contributed by atoms with Crippen molar-refractivity contribution in [3.8, 4) is 0 Å². The minimum Gasteiger partial charge on any atom is -0.352 e. The molecule has 0 amide bonds. The van der Waals surface area contributed by atoms with Crippen LogP contribution in [0, 0.1) is 11.8 Å². The molecule has 3 heteroatoms. The van der Waals surface area contributed by atoms with Gasteiger partial charge in [-0.2, -0.15) is 0 Å². The first-order chi connectivity index (χ1) is 5.77. The maximum atomic E-state index is 10.9. The molecule has 2 saturated heterocycles. The van der Waals surface area contributed by atoms with Crippen LogP contribution in [-0.4, -0.2) is 25.3 Å². The molecule has 0 saturated carbocycles. The smallest absolute Gasteiger partial charge is 0.160 e. The van der Waals surface area contributed by atoms with E-state index in [1.165, 1.54) is 0 Å². The molecule has 0 aromatic carbocycles. The van der Waals surface area contributed by atoms with Crippen LogP contribution in [0.1, 0.15) is 19.8 Å². The highest BCUT2D eigenvalue weighted by molar-refractivity contribution is 5.75. The Morgan fingerprint density at radius 2 is 2.33 bits per heavy atom. The molecule has 12 heavy (non-hydrogen) atoms. The Bertz CT molecular complexity index is 190. The first kappa shape index (κ1) is 8.20. The van der Waals surface area contributed by atoms with E-state index in [0.29, 0.717) is 24.9 Å². The zero-order valence-corrected chi connectivity index (χ0v) is 7.29. The van der Waals surface area contributed by atoms with Gasteiger partial charge >= 0.3 is 0 Å². The molecule has 3 nitrogen and oxygen atoms in total. The Labute approximate surface area is 72.0 Å². The van der Waals surface area contributed by atoms with Crippen LogP contribution in [0.3, 0.4) is 0 Å². The number of carbonyl (C=O) groups is 1. The summed E-state index contributed by atoms with van der Waals surface area (Å²) in [4.78, 5) is 10.9. The molecule has 0 aromatic rings. The van der Waals surface area contributed by atoms with Crippen molar-refractivity contribution in [1.82, 2.24) is 0 Å². The van der Waals surface area contributed by atoms with Crippen LogP contribution < -0.4 is 0 Å². The summed E-state index contributed by atoms with van der Waals surface area (Å²) in [6.45, 7) is 3.14. The number of ether oxygens (including phenoxy) is 2. The monoisotopic (exact) mass is 170 g/mol. The first-order valence-corrected chi connectivity index (χ1v) is 4.50. The summed E-state index contributed by atoms with van der Waals surface area (Å²) in [6, 6.07) is 0. The van der Waals surface area contributed by atoms with E-state index in [1.807, 2.05) is 0 Å². The Morgan fingerprint density at radius 1 is 1.50 bits per heavy atom. The van der Waals surface area contributed by atoms with Crippen molar-refractivity contribution in [2.24, 2.45) is 11.8 Å². The second-order valence-electron chi connectivity index (χ2n) is 3.69. The van der Waals surface area contributed by atoms with Crippen LogP contribution in [0.5, 0.6) is 0 Å². The van der Waals surface area contributed by atoms with Crippen LogP contribution >= 0.6 is 0 Å². The number of hydrogen-bond donors (Lipinski definition) is 0. The molecule has 0 bridgehead atoms. The average Bonchev–Trinajstić information content (AvgIpc) is 2.52. The third-order valence-electron chi connectivity index (χ3n) is 2.71. The molecule has 2 aliphatic rings. The molecule has 0 radical (unpaired) electrons. The molecular formula is C9H14O3. The lowest BCUT2D eigenvalue weighted by molar-refractivity contribution is -0.118. The van der Waals surface area contributed by atoms with Crippen molar-refractivity contribution in [3.05, 3.63) is 0 Å². The molecule has 68 valence electrons. The predicted molar refractivity (Wildman–Crippen MR) is 42.6 cm³/mol. The van der Waals surface area contributed by atoms with Gasteiger partial charge in [0.2, 0.25) is 0 Å². The van der Waals surface area contributed by atoms with Crippen LogP contribution in [0.25, 0.3) is 0 Å². The Balaban J connectivity index is 1.95. The number of Topliss-reactive ketones (excluding diaryl/α,β-unsaturated/α-hetero) is 1. The fraction of sp³-hybridized carbons (Fsp3) is 0.889. The van der Waals surface area contributed by atoms with Gasteiger partial charge in [0, 0.05) is 12.3 Å². The lowest BCUT2D eigenvalue weighted by Crippen LogP contribution is -2.16. The normalized spacial score (nSPS) is 39.9. The Morgan fingerprint density at radius 3 is 3.08 bits per heavy atom. The highest BCUT2D eigenvalue weighted by atomic mass is 16.7. The van der Waals surface area contributed by atoms with Gasteiger partial charge in [-0.1, -0.05) is 0 Å². The summed E-state index contributed by atoms with van der Waals surface area (Å²) in [5, 5.41) is 0. The third-order valence-corrected chi connectivity index (χ3v) is 2.71. The SMILES string of the molecule is CC(=O)C[C@H]1COC2OCCC21. The van der Waals surface area contributed by atoms with Crippen molar-refractivity contribution in [3.63, 3.8) is 0 Å². The van der Waals surface area contributed by atoms with Crippen molar-refractivity contribution in [2.75, 3.05) is 13.2 Å². The van der Waals surface area contributed by atoms with E-state index in [2.05, 4.69) is 0 Å². The van der Waals surface area contributed by atoms with Crippen LogP contribution in [0.15, 0.2) is 0 Å². The molecule has 0 N–H and O–H groups in total. The number of ketones is 1. The maximum Gasteiger partial charge on any atom is 0.160 e. The van der Waals surface area contributed by atoms with E-state index >= 15 is 0 Å². The van der Waals surface area contributed by atoms with Crippen molar-refractivity contribution in [2.45, 2.75) is 26.1 Å². The van der Waals surface area contributed by atoms with Crippen LogP contribution in [0.2, 0.25) is 0 Å². The summed E-state index contributed by atoms with van der Waals surface area (Å²) in [5.74, 6) is 1.15. The standard InChI is InChI=1S/C9H14O3/c1-6(10)4-7-5-12-9-8(7)2-3-11-9/h7-9H,2-5H2,1H3/t7-,8?,9?/m0/s1. The molecule has 2 rings (SSSR count). The first-order valence-electron chi connectivity index (χ1n) is 4.50. The van der Waals surface area contributed by atoms with Gasteiger partial charge in [0.25, 0.3) is 0 Å². The van der Waals surface area contributed by atoms with E-state index in [-0.39, 0.29) is 12.1 Å². The molecule has 2 heterocycles. The lowest BCUT2D eigenvalue weighted by atomic mass is 9.89. The largest absolute Gasteiger partial charge is 0.352 e. The second-order valence-corrected chi connectivity index (χ2v) is 3.69. The van der Waals surface area contributed by atoms with Gasteiger partial charge in [0.15, 0.2) is 6.29 Å². The summed E-state index contributed by atoms with van der Waals surface area (Å²) in [7, 11) is 0. The van der Waals surface area contributed by atoms with Gasteiger partial charge in [-0.3, -0.25) is 0 Å². The van der Waals surface area contributed by atoms with E-state index in [1.54, 1.807) is 6.92 Å². The average molecular weight is 170 g/mol. The van der Waals surface area contributed by atoms with E-state index in [4.69, 9.17) is 9.47 Å². The van der Waals surface area contributed by atoms with E-state index in [9.17, 15) is 4.79 Å². The second kappa shape index (κ2) is 3.15. The number of rotatable bonds is 2. The molecule has 2 unspecified atom stereocenters. The zero-order chi connectivity index (χ0) is 8.55. The van der Waals surface area contributed by atoms with Crippen LogP contribution in [-0.2, 0) is 14.3 Å². The minimum absolute atomic E-state index is 0.00523. The van der Waals surface area contributed by atoms with Crippen molar-refractivity contribution >= 4 is 5.78 Å². The molecule has 0 aromatic heterocycles. The fourth-order valence-electron chi connectivity index (χ4n) is 2.13. The quantitative estimate of drug-likeness (QED) is 0.619. The maximum absolute atomic E-state index is 10.9. The fourth-order valence-corrected chi connectivity index (χ4v) is 2.13. The number of hydrogen-bond acceptors (Lipinski definition) is 3. The highest BCUT2D eigenvalue weighted by Crippen LogP contribution is 2.37. The van der Waals surface area contributed by atoms with E-state index in [0.717, 1.165) is 13.0 Å². The predicted octanol–water partition coefficient (Wildman–Crippen LogP) is 0.975. The third kappa shape index (κ3) is 1.39. The van der Waals surface area contributed by atoms with Crippen molar-refractivity contribution < 1.29 is 14.3 Å². The van der Waals surface area contributed by atoms with Crippen molar-refractivity contribution in [1.29, 1.82) is 0 Å². The van der Waals surface area contributed by atoms with Gasteiger partial charge in [0.1, 0.15) is 5.78 Å². The molecular weight excluding hydrogens is 156 g/mol. The van der Waals surface area contributed by atoms with Gasteiger partial charge in [-0.05, 0) is 19.3 Å². The summed E-state index contributed by atoms with van der Waals surface area (Å²) in [6.07, 6.45) is 1.71. The summed E-state index contributed by atoms with van der Waals surface area (Å²) in [5.41, 5.74) is 0. The highest BCUT2D eigenvalue weighted by Gasteiger charge is 2.41. The lowest BCUT2D eigenvalue weighted by Gasteiger charge is -2.11. The molecule has 3 atom stereocenters. The summed E-state index contributed by atoms with van der Waals surface area (Å²) >= 11 is 0.